The first-order valence-electron chi connectivity index (χ1n) is 8.58. The first kappa shape index (κ1) is 18.6. The molecule has 0 aliphatic heterocycles. The molecule has 2 amide bonds. The summed E-state index contributed by atoms with van der Waals surface area (Å²) in [7, 11) is 4.45. The highest BCUT2D eigenvalue weighted by Gasteiger charge is 2.24. The maximum Gasteiger partial charge on any atom is 0.259 e. The molecule has 1 fully saturated rings. The Bertz CT molecular complexity index is 844. The van der Waals surface area contributed by atoms with Crippen LogP contribution < -0.4 is 24.8 Å². The topological polar surface area (TPSA) is 85.9 Å². The second-order valence-corrected chi connectivity index (χ2v) is 6.16. The Morgan fingerprint density at radius 1 is 0.852 bits per heavy atom. The van der Waals surface area contributed by atoms with Gasteiger partial charge in [-0.1, -0.05) is 0 Å². The van der Waals surface area contributed by atoms with Crippen molar-refractivity contribution in [1.82, 2.24) is 5.32 Å². The van der Waals surface area contributed by atoms with Crippen molar-refractivity contribution in [3.63, 3.8) is 0 Å². The molecule has 0 atom stereocenters. The van der Waals surface area contributed by atoms with Gasteiger partial charge in [0.25, 0.3) is 11.8 Å². The number of carbonyl (C=O) groups is 2. The van der Waals surface area contributed by atoms with Gasteiger partial charge in [-0.15, -0.1) is 0 Å². The van der Waals surface area contributed by atoms with Crippen LogP contribution in [0.3, 0.4) is 0 Å². The Balaban J connectivity index is 1.76. The molecular weight excluding hydrogens is 348 g/mol. The van der Waals surface area contributed by atoms with Gasteiger partial charge in [0.15, 0.2) is 11.5 Å². The standard InChI is InChI=1S/C20H22N2O5/c1-25-16-11-10-15(17(26-2)18(16)27-3)20(24)22-13-6-4-12(5-7-13)19(23)21-14-8-9-14/h4-7,10-11,14H,8-9H2,1-3H3,(H,21,23)(H,22,24). The molecule has 7 heteroatoms. The summed E-state index contributed by atoms with van der Waals surface area (Å²) in [6.07, 6.45) is 2.07. The van der Waals surface area contributed by atoms with Crippen LogP contribution in [0.25, 0.3) is 0 Å². The smallest absolute Gasteiger partial charge is 0.259 e. The molecule has 2 aromatic rings. The second kappa shape index (κ2) is 7.99. The van der Waals surface area contributed by atoms with E-state index >= 15 is 0 Å². The Morgan fingerprint density at radius 2 is 1.52 bits per heavy atom. The van der Waals surface area contributed by atoms with E-state index in [1.807, 2.05) is 0 Å². The molecule has 3 rings (SSSR count). The summed E-state index contributed by atoms with van der Waals surface area (Å²) in [5.74, 6) is 0.645. The summed E-state index contributed by atoms with van der Waals surface area (Å²) in [5, 5.41) is 5.72. The van der Waals surface area contributed by atoms with E-state index in [9.17, 15) is 9.59 Å². The fourth-order valence-electron chi connectivity index (χ4n) is 2.68. The monoisotopic (exact) mass is 370 g/mol. The molecule has 0 saturated heterocycles. The normalized spacial score (nSPS) is 12.9. The van der Waals surface area contributed by atoms with Crippen molar-refractivity contribution >= 4 is 17.5 Å². The largest absolute Gasteiger partial charge is 0.493 e. The number of amides is 2. The zero-order valence-corrected chi connectivity index (χ0v) is 15.5. The van der Waals surface area contributed by atoms with Crippen LogP contribution in [0.5, 0.6) is 17.2 Å². The van der Waals surface area contributed by atoms with Crippen molar-refractivity contribution in [3.8, 4) is 17.2 Å². The number of carbonyl (C=O) groups excluding carboxylic acids is 2. The van der Waals surface area contributed by atoms with E-state index < -0.39 is 0 Å². The van der Waals surface area contributed by atoms with E-state index in [-0.39, 0.29) is 17.6 Å². The molecule has 142 valence electrons. The van der Waals surface area contributed by atoms with Crippen LogP contribution in [0, 0.1) is 0 Å². The number of rotatable bonds is 7. The highest BCUT2D eigenvalue weighted by Crippen LogP contribution is 2.39. The Kier molecular flexibility index (Phi) is 5.49. The first-order chi connectivity index (χ1) is 13.1. The van der Waals surface area contributed by atoms with Crippen LogP contribution in [-0.2, 0) is 0 Å². The number of methoxy groups -OCH3 is 3. The summed E-state index contributed by atoms with van der Waals surface area (Å²) in [4.78, 5) is 24.7. The van der Waals surface area contributed by atoms with Gasteiger partial charge in [-0.25, -0.2) is 0 Å². The van der Waals surface area contributed by atoms with Gasteiger partial charge < -0.3 is 24.8 Å². The number of ether oxygens (including phenoxy) is 3. The fourth-order valence-corrected chi connectivity index (χ4v) is 2.68. The summed E-state index contributed by atoms with van der Waals surface area (Å²) >= 11 is 0. The molecule has 0 bridgehead atoms. The SMILES string of the molecule is COc1ccc(C(=O)Nc2ccc(C(=O)NC3CC3)cc2)c(OC)c1OC. The molecule has 1 aliphatic rings. The lowest BCUT2D eigenvalue weighted by Crippen LogP contribution is -2.25. The van der Waals surface area contributed by atoms with Crippen LogP contribution in [0.1, 0.15) is 33.6 Å². The van der Waals surface area contributed by atoms with Gasteiger partial charge in [-0.2, -0.15) is 0 Å². The highest BCUT2D eigenvalue weighted by atomic mass is 16.5. The molecule has 0 radical (unpaired) electrons. The van der Waals surface area contributed by atoms with Gasteiger partial charge in [0.2, 0.25) is 5.75 Å². The van der Waals surface area contributed by atoms with Crippen molar-refractivity contribution in [2.24, 2.45) is 0 Å². The lowest BCUT2D eigenvalue weighted by atomic mass is 10.1. The van der Waals surface area contributed by atoms with E-state index in [4.69, 9.17) is 14.2 Å². The third-order valence-corrected chi connectivity index (χ3v) is 4.27. The quantitative estimate of drug-likeness (QED) is 0.783. The molecule has 1 saturated carbocycles. The molecule has 0 spiro atoms. The van der Waals surface area contributed by atoms with Crippen molar-refractivity contribution < 1.29 is 23.8 Å². The van der Waals surface area contributed by atoms with E-state index in [1.54, 1.807) is 36.4 Å². The van der Waals surface area contributed by atoms with E-state index in [0.717, 1.165) is 12.8 Å². The number of hydrogen-bond donors (Lipinski definition) is 2. The van der Waals surface area contributed by atoms with Gasteiger partial charge in [-0.05, 0) is 49.2 Å². The van der Waals surface area contributed by atoms with Crippen LogP contribution in [0.4, 0.5) is 5.69 Å². The molecule has 0 unspecified atom stereocenters. The average molecular weight is 370 g/mol. The third-order valence-electron chi connectivity index (χ3n) is 4.27. The molecule has 2 aromatic carbocycles. The zero-order chi connectivity index (χ0) is 19.4. The molecule has 0 aromatic heterocycles. The van der Waals surface area contributed by atoms with Gasteiger partial charge in [0.1, 0.15) is 0 Å². The predicted octanol–water partition coefficient (Wildman–Crippen LogP) is 2.86. The van der Waals surface area contributed by atoms with Crippen LogP contribution in [0.2, 0.25) is 0 Å². The molecular formula is C20H22N2O5. The van der Waals surface area contributed by atoms with Gasteiger partial charge in [-0.3, -0.25) is 9.59 Å². The lowest BCUT2D eigenvalue weighted by Gasteiger charge is -2.15. The molecule has 7 nitrogen and oxygen atoms in total. The minimum absolute atomic E-state index is 0.100. The van der Waals surface area contributed by atoms with E-state index in [0.29, 0.717) is 34.4 Å². The van der Waals surface area contributed by atoms with Crippen LogP contribution >= 0.6 is 0 Å². The first-order valence-corrected chi connectivity index (χ1v) is 8.58. The van der Waals surface area contributed by atoms with Gasteiger partial charge in [0.05, 0.1) is 26.9 Å². The average Bonchev–Trinajstić information content (AvgIpc) is 3.50. The maximum absolute atomic E-state index is 12.7. The molecule has 27 heavy (non-hydrogen) atoms. The zero-order valence-electron chi connectivity index (χ0n) is 15.5. The van der Waals surface area contributed by atoms with Gasteiger partial charge in [0, 0.05) is 17.3 Å². The number of anilines is 1. The Labute approximate surface area is 157 Å². The third kappa shape index (κ3) is 4.13. The maximum atomic E-state index is 12.7. The Morgan fingerprint density at radius 3 is 2.07 bits per heavy atom. The summed E-state index contributed by atoms with van der Waals surface area (Å²) < 4.78 is 15.9. The number of benzene rings is 2. The summed E-state index contributed by atoms with van der Waals surface area (Å²) in [5.41, 5.74) is 1.44. The van der Waals surface area contributed by atoms with Crippen molar-refractivity contribution in [1.29, 1.82) is 0 Å². The fraction of sp³-hybridized carbons (Fsp3) is 0.300. The predicted molar refractivity (Wildman–Crippen MR) is 101 cm³/mol. The minimum Gasteiger partial charge on any atom is -0.493 e. The molecule has 1 aliphatic carbocycles. The van der Waals surface area contributed by atoms with Crippen LogP contribution in [-0.4, -0.2) is 39.2 Å². The second-order valence-electron chi connectivity index (χ2n) is 6.16. The van der Waals surface area contributed by atoms with Crippen molar-refractivity contribution in [3.05, 3.63) is 47.5 Å². The number of nitrogens with one attached hydrogen (secondary N) is 2. The van der Waals surface area contributed by atoms with E-state index in [2.05, 4.69) is 10.6 Å². The van der Waals surface area contributed by atoms with Crippen LogP contribution in [0.15, 0.2) is 36.4 Å². The highest BCUT2D eigenvalue weighted by molar-refractivity contribution is 6.07. The summed E-state index contributed by atoms with van der Waals surface area (Å²) in [6.45, 7) is 0. The minimum atomic E-state index is -0.358. The number of hydrogen-bond acceptors (Lipinski definition) is 5. The lowest BCUT2D eigenvalue weighted by molar-refractivity contribution is 0.0950. The van der Waals surface area contributed by atoms with Crippen molar-refractivity contribution in [2.45, 2.75) is 18.9 Å². The van der Waals surface area contributed by atoms with Gasteiger partial charge >= 0.3 is 0 Å². The Hall–Kier alpha value is -3.22. The molecule has 0 heterocycles. The summed E-state index contributed by atoms with van der Waals surface area (Å²) in [6, 6.07) is 10.3. The molecule has 2 N–H and O–H groups in total. The van der Waals surface area contributed by atoms with Crippen molar-refractivity contribution in [2.75, 3.05) is 26.6 Å². The van der Waals surface area contributed by atoms with E-state index in [1.165, 1.54) is 21.3 Å².